The zero-order valence-corrected chi connectivity index (χ0v) is 27.3. The third kappa shape index (κ3) is 6.73. The van der Waals surface area contributed by atoms with E-state index >= 15 is 0 Å². The molecule has 12 heteroatoms. The average molecular weight is 670 g/mol. The Bertz CT molecular complexity index is 1950. The van der Waals surface area contributed by atoms with E-state index in [1.165, 1.54) is 29.2 Å². The first-order valence-electron chi connectivity index (χ1n) is 14.0. The number of nitrogens with zero attached hydrogens (tertiary/aromatic N) is 2. The summed E-state index contributed by atoms with van der Waals surface area (Å²) in [4.78, 5) is 31.9. The number of para-hydroxylation sites is 1. The number of carbonyl (C=O) groups excluding carboxylic acids is 1. The van der Waals surface area contributed by atoms with Crippen molar-refractivity contribution in [2.45, 2.75) is 26.5 Å². The number of rotatable bonds is 11. The minimum Gasteiger partial charge on any atom is -0.493 e. The monoisotopic (exact) mass is 668 g/mol. The van der Waals surface area contributed by atoms with Crippen LogP contribution in [0.5, 0.6) is 23.0 Å². The molecule has 0 radical (unpaired) electrons. The lowest BCUT2D eigenvalue weighted by molar-refractivity contribution is -0.136. The Morgan fingerprint density at radius 1 is 0.956 bits per heavy atom. The summed E-state index contributed by atoms with van der Waals surface area (Å²) in [6.07, 6.45) is 3.17. The molecular weight excluding hydrogens is 639 g/mol. The minimum atomic E-state index is -0.818. The van der Waals surface area contributed by atoms with Crippen molar-refractivity contribution in [2.24, 2.45) is 4.99 Å². The van der Waals surface area contributed by atoms with Gasteiger partial charge in [-0.25, -0.2) is 9.79 Å². The van der Waals surface area contributed by atoms with Gasteiger partial charge >= 0.3 is 5.97 Å². The molecule has 0 spiro atoms. The highest BCUT2D eigenvalue weighted by atomic mass is 35.5. The van der Waals surface area contributed by atoms with Crippen LogP contribution in [-0.2, 0) is 16.1 Å². The lowest BCUT2D eigenvalue weighted by atomic mass is 9.97. The molecule has 0 fully saturated rings. The lowest BCUT2D eigenvalue weighted by Crippen LogP contribution is -2.39. The molecule has 0 N–H and O–H groups in total. The zero-order chi connectivity index (χ0) is 32.1. The summed E-state index contributed by atoms with van der Waals surface area (Å²) in [5.41, 5.74) is 1.91. The summed E-state index contributed by atoms with van der Waals surface area (Å²) >= 11 is 13.4. The maximum Gasteiger partial charge on any atom is 0.337 e. The van der Waals surface area contributed by atoms with Crippen molar-refractivity contribution in [2.75, 3.05) is 27.4 Å². The fourth-order valence-corrected chi connectivity index (χ4v) is 6.16. The minimum absolute atomic E-state index is 0.182. The summed E-state index contributed by atoms with van der Waals surface area (Å²) in [6, 6.07) is 15.2. The number of carbonyl (C=O) groups is 1. The molecule has 5 rings (SSSR count). The smallest absolute Gasteiger partial charge is 0.337 e. The van der Waals surface area contributed by atoms with Crippen molar-refractivity contribution in [1.82, 2.24) is 4.57 Å². The van der Waals surface area contributed by atoms with Gasteiger partial charge in [-0.3, -0.25) is 9.36 Å². The second-order valence-corrected chi connectivity index (χ2v) is 11.5. The quantitative estimate of drug-likeness (QED) is 0.189. The van der Waals surface area contributed by atoms with E-state index in [1.807, 2.05) is 26.0 Å². The van der Waals surface area contributed by atoms with Gasteiger partial charge in [0.15, 0.2) is 27.8 Å². The molecule has 1 aliphatic heterocycles. The molecule has 0 saturated heterocycles. The van der Waals surface area contributed by atoms with E-state index in [0.29, 0.717) is 66.7 Å². The standard InChI is InChI=1S/C33H30Cl2N2O7S/c1-5-42-25-13-11-20(15-27(25)43-6-2)29-22(32(39)41-4)17-36-33-37(29)31(38)28(45-33)16-21-8-7-9-26(40-3)30(21)44-18-19-10-12-23(34)24(35)14-19/h7-17,29H,5-6,18H2,1-4H3/b28-16+/t29-/m1/s1. The molecule has 1 aromatic heterocycles. The highest BCUT2D eigenvalue weighted by molar-refractivity contribution is 7.07. The second-order valence-electron chi connectivity index (χ2n) is 9.66. The van der Waals surface area contributed by atoms with Gasteiger partial charge in [0.25, 0.3) is 5.56 Å². The first-order valence-corrected chi connectivity index (χ1v) is 15.6. The summed E-state index contributed by atoms with van der Waals surface area (Å²) in [6.45, 7) is 4.79. The van der Waals surface area contributed by atoms with Crippen LogP contribution in [0.3, 0.4) is 0 Å². The van der Waals surface area contributed by atoms with E-state index in [0.717, 1.165) is 5.56 Å². The van der Waals surface area contributed by atoms with Crippen LogP contribution in [0.2, 0.25) is 10.0 Å². The molecule has 234 valence electrons. The van der Waals surface area contributed by atoms with Gasteiger partial charge in [0, 0.05) is 11.8 Å². The second kappa shape index (κ2) is 14.2. The topological polar surface area (TPSA) is 97.6 Å². The van der Waals surface area contributed by atoms with Crippen molar-refractivity contribution in [1.29, 1.82) is 0 Å². The van der Waals surface area contributed by atoms with E-state index < -0.39 is 12.0 Å². The van der Waals surface area contributed by atoms with Gasteiger partial charge in [-0.05, 0) is 61.4 Å². The van der Waals surface area contributed by atoms with Gasteiger partial charge in [0.05, 0.1) is 53.6 Å². The number of esters is 1. The predicted octanol–water partition coefficient (Wildman–Crippen LogP) is 5.71. The fourth-order valence-electron chi connectivity index (χ4n) is 4.88. The van der Waals surface area contributed by atoms with Crippen LogP contribution in [0, 0.1) is 0 Å². The molecule has 4 aromatic rings. The molecule has 2 heterocycles. The Hall–Kier alpha value is -4.25. The number of ether oxygens (including phenoxy) is 5. The number of benzene rings is 3. The Morgan fingerprint density at radius 3 is 2.44 bits per heavy atom. The van der Waals surface area contributed by atoms with Crippen LogP contribution >= 0.6 is 34.5 Å². The van der Waals surface area contributed by atoms with Gasteiger partial charge in [-0.1, -0.05) is 58.8 Å². The molecule has 0 saturated carbocycles. The first-order chi connectivity index (χ1) is 21.8. The van der Waals surface area contributed by atoms with Crippen LogP contribution in [0.15, 0.2) is 76.2 Å². The van der Waals surface area contributed by atoms with Gasteiger partial charge in [-0.15, -0.1) is 0 Å². The maximum absolute atomic E-state index is 14.1. The molecule has 0 unspecified atom stereocenters. The summed E-state index contributed by atoms with van der Waals surface area (Å²) in [5.74, 6) is 1.39. The number of thiazole rings is 1. The maximum atomic E-state index is 14.1. The largest absolute Gasteiger partial charge is 0.493 e. The fraction of sp³-hybridized carbons (Fsp3) is 0.242. The molecule has 45 heavy (non-hydrogen) atoms. The molecule has 0 amide bonds. The summed E-state index contributed by atoms with van der Waals surface area (Å²) in [7, 11) is 2.83. The number of halogens is 2. The highest BCUT2D eigenvalue weighted by Gasteiger charge is 2.31. The van der Waals surface area contributed by atoms with Crippen molar-refractivity contribution in [3.63, 3.8) is 0 Å². The molecule has 0 bridgehead atoms. The summed E-state index contributed by atoms with van der Waals surface area (Å²) in [5, 5.41) is 0.864. The number of aromatic nitrogens is 1. The molecule has 0 aliphatic carbocycles. The Kier molecular flexibility index (Phi) is 10.2. The van der Waals surface area contributed by atoms with Crippen LogP contribution < -0.4 is 33.8 Å². The Balaban J connectivity index is 1.61. The van der Waals surface area contributed by atoms with E-state index in [1.54, 1.807) is 55.7 Å². The molecule has 9 nitrogen and oxygen atoms in total. The first kappa shape index (κ1) is 32.2. The van der Waals surface area contributed by atoms with Crippen molar-refractivity contribution >= 4 is 46.6 Å². The van der Waals surface area contributed by atoms with Crippen LogP contribution in [0.4, 0.5) is 0 Å². The Morgan fingerprint density at radius 2 is 1.73 bits per heavy atom. The third-order valence-electron chi connectivity index (χ3n) is 6.89. The van der Waals surface area contributed by atoms with Crippen molar-refractivity contribution < 1.29 is 28.5 Å². The van der Waals surface area contributed by atoms with E-state index in [-0.39, 0.29) is 17.7 Å². The van der Waals surface area contributed by atoms with Crippen LogP contribution in [0.25, 0.3) is 6.08 Å². The zero-order valence-electron chi connectivity index (χ0n) is 25.0. The lowest BCUT2D eigenvalue weighted by Gasteiger charge is -2.23. The molecule has 3 aromatic carbocycles. The SMILES string of the molecule is CCOc1ccc([C@@H]2C(C(=O)OC)=CN=c3s/c(=C/c4cccc(OC)c4OCc4ccc(Cl)c(Cl)c4)c(=O)n32)cc1OCC. The van der Waals surface area contributed by atoms with Gasteiger partial charge in [0.2, 0.25) is 0 Å². The molecule has 1 atom stereocenters. The van der Waals surface area contributed by atoms with Gasteiger partial charge in [-0.2, -0.15) is 0 Å². The number of hydrogen-bond donors (Lipinski definition) is 0. The van der Waals surface area contributed by atoms with E-state index in [2.05, 4.69) is 4.99 Å². The van der Waals surface area contributed by atoms with Gasteiger partial charge in [0.1, 0.15) is 6.61 Å². The van der Waals surface area contributed by atoms with Gasteiger partial charge < -0.3 is 23.7 Å². The van der Waals surface area contributed by atoms with E-state index in [9.17, 15) is 9.59 Å². The molecular formula is C33H30Cl2N2O7S. The average Bonchev–Trinajstić information content (AvgIpc) is 3.36. The predicted molar refractivity (Wildman–Crippen MR) is 174 cm³/mol. The number of fused-ring (bicyclic) bond motifs is 1. The normalized spacial score (nSPS) is 14.2. The molecule has 1 aliphatic rings. The Labute approximate surface area is 273 Å². The highest BCUT2D eigenvalue weighted by Crippen LogP contribution is 2.36. The van der Waals surface area contributed by atoms with Crippen LogP contribution in [0.1, 0.15) is 36.6 Å². The third-order valence-corrected chi connectivity index (χ3v) is 8.63. The number of methoxy groups -OCH3 is 2. The van der Waals surface area contributed by atoms with E-state index in [4.69, 9.17) is 46.9 Å². The van der Waals surface area contributed by atoms with Crippen LogP contribution in [-0.4, -0.2) is 38.0 Å². The summed E-state index contributed by atoms with van der Waals surface area (Å²) < 4.78 is 30.3. The number of hydrogen-bond acceptors (Lipinski definition) is 9. The van der Waals surface area contributed by atoms with Crippen molar-refractivity contribution in [3.05, 3.63) is 113 Å². The van der Waals surface area contributed by atoms with Crippen molar-refractivity contribution in [3.8, 4) is 23.0 Å².